The summed E-state index contributed by atoms with van der Waals surface area (Å²) in [5.74, 6) is 1.35. The van der Waals surface area contributed by atoms with Gasteiger partial charge in [0, 0.05) is 25.1 Å². The van der Waals surface area contributed by atoms with Crippen molar-refractivity contribution >= 4 is 5.97 Å². The first-order valence-electron chi connectivity index (χ1n) is 13.8. The molecule has 1 aromatic heterocycles. The van der Waals surface area contributed by atoms with E-state index in [9.17, 15) is 4.79 Å². The van der Waals surface area contributed by atoms with Crippen LogP contribution in [0.4, 0.5) is 0 Å². The third-order valence-corrected chi connectivity index (χ3v) is 8.26. The number of esters is 1. The van der Waals surface area contributed by atoms with Gasteiger partial charge in [-0.2, -0.15) is 0 Å². The molecule has 6 nitrogen and oxygen atoms in total. The zero-order chi connectivity index (χ0) is 27.4. The zero-order valence-electron chi connectivity index (χ0n) is 24.2. The van der Waals surface area contributed by atoms with Crippen molar-refractivity contribution in [3.63, 3.8) is 0 Å². The van der Waals surface area contributed by atoms with E-state index in [-0.39, 0.29) is 17.5 Å². The molecule has 204 valence electrons. The van der Waals surface area contributed by atoms with Crippen molar-refractivity contribution < 1.29 is 18.8 Å². The molecule has 4 rings (SSSR count). The van der Waals surface area contributed by atoms with Gasteiger partial charge in [0.2, 0.25) is 6.33 Å². The molecule has 0 saturated heterocycles. The van der Waals surface area contributed by atoms with Gasteiger partial charge in [-0.3, -0.25) is 4.79 Å². The van der Waals surface area contributed by atoms with Crippen LogP contribution in [-0.4, -0.2) is 29.0 Å². The number of carbonyl (C=O) groups is 1. The summed E-state index contributed by atoms with van der Waals surface area (Å²) in [7, 11) is 1.87. The van der Waals surface area contributed by atoms with Crippen LogP contribution in [0.15, 0.2) is 49.1 Å². The Morgan fingerprint density at radius 3 is 2.42 bits per heavy atom. The van der Waals surface area contributed by atoms with Crippen LogP contribution in [0.3, 0.4) is 0 Å². The summed E-state index contributed by atoms with van der Waals surface area (Å²) < 4.78 is 15.8. The number of methoxy groups -OCH3 is 1. The predicted molar refractivity (Wildman–Crippen MR) is 149 cm³/mol. The summed E-state index contributed by atoms with van der Waals surface area (Å²) in [6.07, 6.45) is 8.87. The molecule has 6 heteroatoms. The van der Waals surface area contributed by atoms with E-state index in [4.69, 9.17) is 14.6 Å². The molecule has 1 saturated carbocycles. The molecule has 0 radical (unpaired) electrons. The van der Waals surface area contributed by atoms with Crippen molar-refractivity contribution in [3.8, 4) is 5.75 Å². The molecule has 1 aliphatic rings. The summed E-state index contributed by atoms with van der Waals surface area (Å²) in [6, 6.07) is 13.1. The lowest BCUT2D eigenvalue weighted by molar-refractivity contribution is -0.689. The summed E-state index contributed by atoms with van der Waals surface area (Å²) in [4.78, 5) is 11.4. The van der Waals surface area contributed by atoms with Gasteiger partial charge in [0.25, 0.3) is 6.33 Å². The predicted octanol–water partition coefficient (Wildman–Crippen LogP) is 5.77. The second kappa shape index (κ2) is 11.8. The normalized spacial score (nSPS) is 20.9. The number of aryl methyl sites for hydroxylation is 4. The van der Waals surface area contributed by atoms with Crippen LogP contribution in [-0.2, 0) is 29.0 Å². The molecule has 0 aliphatic heterocycles. The van der Waals surface area contributed by atoms with E-state index in [0.717, 1.165) is 36.1 Å². The Kier molecular flexibility index (Phi) is 8.71. The topological polar surface area (TPSA) is 57.2 Å². The molecule has 2 aromatic carbocycles. The third-order valence-electron chi connectivity index (χ3n) is 8.26. The number of hydrogen-bond acceptors (Lipinski definition) is 4. The van der Waals surface area contributed by atoms with Crippen LogP contribution in [0, 0.1) is 38.0 Å². The minimum Gasteiger partial charge on any atom is -0.426 e. The number of carbonyl (C=O) groups excluding carboxylic acids is 1. The monoisotopic (exact) mass is 518 g/mol. The lowest BCUT2D eigenvalue weighted by Crippen LogP contribution is -2.47. The molecule has 1 fully saturated rings. The van der Waals surface area contributed by atoms with Crippen molar-refractivity contribution in [3.05, 3.63) is 76.9 Å². The first-order chi connectivity index (χ1) is 18.1. The van der Waals surface area contributed by atoms with Crippen molar-refractivity contribution in [1.82, 2.24) is 9.78 Å². The highest BCUT2D eigenvalue weighted by Gasteiger charge is 2.45. The Balaban J connectivity index is 1.48. The molecule has 0 N–H and O–H groups in total. The van der Waals surface area contributed by atoms with Gasteiger partial charge in [0.1, 0.15) is 12.3 Å². The fourth-order valence-corrected chi connectivity index (χ4v) is 6.35. The van der Waals surface area contributed by atoms with Gasteiger partial charge < -0.3 is 9.47 Å². The number of ether oxygens (including phenoxy) is 2. The second-order valence-corrected chi connectivity index (χ2v) is 11.9. The minimum atomic E-state index is -0.294. The van der Waals surface area contributed by atoms with Gasteiger partial charge in [-0.15, -0.1) is 4.68 Å². The van der Waals surface area contributed by atoms with Gasteiger partial charge in [0.05, 0.1) is 12.6 Å². The van der Waals surface area contributed by atoms with Gasteiger partial charge in [-0.25, -0.2) is 4.57 Å². The van der Waals surface area contributed by atoms with E-state index in [1.807, 2.05) is 27.3 Å². The Labute approximate surface area is 228 Å². The molecule has 3 aromatic rings. The van der Waals surface area contributed by atoms with Crippen LogP contribution in [0.1, 0.15) is 67.9 Å². The lowest BCUT2D eigenvalue weighted by atomic mass is 9.63. The van der Waals surface area contributed by atoms with Gasteiger partial charge in [0.15, 0.2) is 0 Å². The van der Waals surface area contributed by atoms with E-state index >= 15 is 0 Å². The fraction of sp³-hybridized carbons (Fsp3) is 0.531. The van der Waals surface area contributed by atoms with Crippen LogP contribution in [0.25, 0.3) is 0 Å². The molecular formula is C32H44N3O3+. The summed E-state index contributed by atoms with van der Waals surface area (Å²) >= 11 is 0. The summed E-state index contributed by atoms with van der Waals surface area (Å²) in [5, 5.41) is 4.74. The van der Waals surface area contributed by atoms with E-state index in [1.165, 1.54) is 30.9 Å². The average molecular weight is 519 g/mol. The SMILES string of the molecule is CO[C@H]1[C@@H](Cn2c[n+](Cc3cc(C)c(OC(C)=O)c(C)c3)cn2)[C@H](CCc2ccc(C)cc2)CCC1(C)C. The molecule has 0 bridgehead atoms. The quantitative estimate of drug-likeness (QED) is 0.205. The Hall–Kier alpha value is -2.99. The number of aromatic nitrogens is 3. The van der Waals surface area contributed by atoms with Crippen LogP contribution >= 0.6 is 0 Å². The Morgan fingerprint density at radius 1 is 1.11 bits per heavy atom. The Morgan fingerprint density at radius 2 is 1.79 bits per heavy atom. The molecular weight excluding hydrogens is 474 g/mol. The smallest absolute Gasteiger partial charge is 0.308 e. The molecule has 1 heterocycles. The highest BCUT2D eigenvalue weighted by Crippen LogP contribution is 2.45. The van der Waals surface area contributed by atoms with Crippen molar-refractivity contribution in [1.29, 1.82) is 0 Å². The minimum absolute atomic E-state index is 0.141. The maximum Gasteiger partial charge on any atom is 0.308 e. The van der Waals surface area contributed by atoms with Crippen molar-refractivity contribution in [2.45, 2.75) is 86.4 Å². The molecule has 38 heavy (non-hydrogen) atoms. The van der Waals surface area contributed by atoms with E-state index in [2.05, 4.69) is 72.7 Å². The fourth-order valence-electron chi connectivity index (χ4n) is 6.35. The Bertz CT molecular complexity index is 1220. The number of benzene rings is 2. The zero-order valence-corrected chi connectivity index (χ0v) is 24.2. The van der Waals surface area contributed by atoms with Gasteiger partial charge in [-0.05, 0) is 92.2 Å². The summed E-state index contributed by atoms with van der Waals surface area (Å²) in [6.45, 7) is 13.8. The second-order valence-electron chi connectivity index (χ2n) is 11.9. The van der Waals surface area contributed by atoms with Crippen LogP contribution in [0.5, 0.6) is 5.75 Å². The van der Waals surface area contributed by atoms with Gasteiger partial charge in [-0.1, -0.05) is 43.7 Å². The highest BCUT2D eigenvalue weighted by molar-refractivity contribution is 5.70. The number of rotatable bonds is 9. The molecule has 3 atom stereocenters. The first kappa shape index (κ1) is 28.0. The maximum absolute atomic E-state index is 11.4. The lowest BCUT2D eigenvalue weighted by Gasteiger charge is -2.46. The molecule has 0 spiro atoms. The highest BCUT2D eigenvalue weighted by atomic mass is 16.5. The van der Waals surface area contributed by atoms with E-state index in [1.54, 1.807) is 0 Å². The number of nitrogens with zero attached hydrogens (tertiary/aromatic N) is 3. The van der Waals surface area contributed by atoms with Gasteiger partial charge >= 0.3 is 5.97 Å². The largest absolute Gasteiger partial charge is 0.426 e. The first-order valence-corrected chi connectivity index (χ1v) is 13.8. The van der Waals surface area contributed by atoms with Crippen molar-refractivity contribution in [2.75, 3.05) is 7.11 Å². The molecule has 0 unspecified atom stereocenters. The standard InChI is InChI=1S/C32H44N3O3/c1-22-8-10-26(11-9-22)12-13-28-14-15-32(5,6)31(37-7)29(28)19-35-21-34(20-33-35)18-27-16-23(2)30(24(3)17-27)38-25(4)36/h8-11,16-17,20-21,28-29,31H,12-15,18-19H2,1-7H3/q+1/t28-,29+,31+/m1/s1. The average Bonchev–Trinajstić information content (AvgIpc) is 3.28. The van der Waals surface area contributed by atoms with E-state index < -0.39 is 0 Å². The van der Waals surface area contributed by atoms with Crippen LogP contribution in [0.2, 0.25) is 0 Å². The molecule has 1 aliphatic carbocycles. The molecule has 0 amide bonds. The van der Waals surface area contributed by atoms with Crippen LogP contribution < -0.4 is 9.30 Å². The van der Waals surface area contributed by atoms with E-state index in [0.29, 0.717) is 24.1 Å². The van der Waals surface area contributed by atoms with Crippen molar-refractivity contribution in [2.24, 2.45) is 17.3 Å². The maximum atomic E-state index is 11.4. The number of hydrogen-bond donors (Lipinski definition) is 0. The third kappa shape index (κ3) is 6.71. The summed E-state index contributed by atoms with van der Waals surface area (Å²) in [5.41, 5.74) is 5.95.